The van der Waals surface area contributed by atoms with E-state index in [9.17, 15) is 14.4 Å². The van der Waals surface area contributed by atoms with E-state index in [4.69, 9.17) is 5.11 Å². The monoisotopic (exact) mass is 318 g/mol. The summed E-state index contributed by atoms with van der Waals surface area (Å²) in [6, 6.07) is 6.86. The highest BCUT2D eigenvalue weighted by Crippen LogP contribution is 2.19. The van der Waals surface area contributed by atoms with Gasteiger partial charge in [-0.25, -0.2) is 4.79 Å². The molecular weight excluding hydrogens is 296 g/mol. The van der Waals surface area contributed by atoms with Crippen LogP contribution in [0.1, 0.15) is 38.2 Å². The maximum atomic E-state index is 12.1. The van der Waals surface area contributed by atoms with Gasteiger partial charge < -0.3 is 15.3 Å². The van der Waals surface area contributed by atoms with E-state index in [2.05, 4.69) is 5.32 Å². The number of nitrogens with one attached hydrogen (secondary N) is 1. The van der Waals surface area contributed by atoms with E-state index in [0.29, 0.717) is 25.8 Å². The summed E-state index contributed by atoms with van der Waals surface area (Å²) in [5.74, 6) is -1.10. The number of carbonyl (C=O) groups is 3. The van der Waals surface area contributed by atoms with Gasteiger partial charge in [-0.15, -0.1) is 0 Å². The van der Waals surface area contributed by atoms with Gasteiger partial charge in [0.15, 0.2) is 0 Å². The molecule has 1 atom stereocenters. The van der Waals surface area contributed by atoms with Crippen molar-refractivity contribution in [3.63, 3.8) is 0 Å². The van der Waals surface area contributed by atoms with Gasteiger partial charge in [0, 0.05) is 25.6 Å². The molecule has 0 bridgehead atoms. The SMILES string of the molecule is CC(=O)Nc1ccc(CCCC(=O)N2CCCC2C(=O)O)cc1. The van der Waals surface area contributed by atoms with Crippen LogP contribution in [0.5, 0.6) is 0 Å². The Hall–Kier alpha value is -2.37. The fraction of sp³-hybridized carbons (Fsp3) is 0.471. The van der Waals surface area contributed by atoms with E-state index < -0.39 is 12.0 Å². The number of rotatable bonds is 6. The Bertz CT molecular complexity index is 583. The Balaban J connectivity index is 1.79. The smallest absolute Gasteiger partial charge is 0.326 e. The van der Waals surface area contributed by atoms with Crippen LogP contribution >= 0.6 is 0 Å². The third kappa shape index (κ3) is 4.81. The Labute approximate surface area is 135 Å². The lowest BCUT2D eigenvalue weighted by atomic mass is 10.1. The first-order valence-corrected chi connectivity index (χ1v) is 7.86. The molecule has 2 N–H and O–H groups in total. The Morgan fingerprint density at radius 1 is 1.26 bits per heavy atom. The second-order valence-corrected chi connectivity index (χ2v) is 5.82. The summed E-state index contributed by atoms with van der Waals surface area (Å²) in [4.78, 5) is 35.7. The third-order valence-electron chi connectivity index (χ3n) is 3.99. The Kier molecular flexibility index (Phi) is 5.73. The van der Waals surface area contributed by atoms with Crippen molar-refractivity contribution in [2.45, 2.75) is 45.1 Å². The maximum absolute atomic E-state index is 12.1. The van der Waals surface area contributed by atoms with Gasteiger partial charge in [0.05, 0.1) is 0 Å². The number of aryl methyl sites for hydroxylation is 1. The number of carboxylic acid groups (broad SMARTS) is 1. The van der Waals surface area contributed by atoms with Crippen LogP contribution in [0, 0.1) is 0 Å². The Morgan fingerprint density at radius 3 is 2.57 bits per heavy atom. The fourth-order valence-electron chi connectivity index (χ4n) is 2.87. The molecule has 6 nitrogen and oxygen atoms in total. The Morgan fingerprint density at radius 2 is 1.96 bits per heavy atom. The van der Waals surface area contributed by atoms with Crippen LogP contribution < -0.4 is 5.32 Å². The molecule has 124 valence electrons. The highest BCUT2D eigenvalue weighted by molar-refractivity contribution is 5.88. The topological polar surface area (TPSA) is 86.7 Å². The number of aliphatic carboxylic acids is 1. The van der Waals surface area contributed by atoms with Gasteiger partial charge in [-0.3, -0.25) is 9.59 Å². The number of hydrogen-bond acceptors (Lipinski definition) is 3. The molecule has 6 heteroatoms. The summed E-state index contributed by atoms with van der Waals surface area (Å²) in [6.45, 7) is 2.00. The molecule has 1 aromatic rings. The standard InChI is InChI=1S/C17H22N2O4/c1-12(20)18-14-9-7-13(8-10-14)4-2-6-16(21)19-11-3-5-15(19)17(22)23/h7-10,15H,2-6,11H2,1H3,(H,18,20)(H,22,23). The van der Waals surface area contributed by atoms with Crippen molar-refractivity contribution in [3.8, 4) is 0 Å². The molecule has 0 saturated carbocycles. The molecule has 0 aliphatic carbocycles. The number of carboxylic acids is 1. The highest BCUT2D eigenvalue weighted by Gasteiger charge is 2.33. The van der Waals surface area contributed by atoms with Crippen LogP contribution in [0.3, 0.4) is 0 Å². The summed E-state index contributed by atoms with van der Waals surface area (Å²) in [7, 11) is 0. The van der Waals surface area contributed by atoms with Gasteiger partial charge in [-0.2, -0.15) is 0 Å². The second-order valence-electron chi connectivity index (χ2n) is 5.82. The zero-order valence-electron chi connectivity index (χ0n) is 13.2. The lowest BCUT2D eigenvalue weighted by Crippen LogP contribution is -2.40. The molecule has 0 aromatic heterocycles. The van der Waals surface area contributed by atoms with Crippen molar-refractivity contribution in [1.29, 1.82) is 0 Å². The molecule has 1 saturated heterocycles. The zero-order valence-corrected chi connectivity index (χ0v) is 13.2. The third-order valence-corrected chi connectivity index (χ3v) is 3.99. The molecule has 1 aromatic carbocycles. The first-order valence-electron chi connectivity index (χ1n) is 7.86. The molecule has 1 aliphatic rings. The van der Waals surface area contributed by atoms with Gasteiger partial charge in [0.25, 0.3) is 0 Å². The first-order chi connectivity index (χ1) is 11.0. The number of carbonyl (C=O) groups excluding carboxylic acids is 2. The summed E-state index contributed by atoms with van der Waals surface area (Å²) < 4.78 is 0. The second kappa shape index (κ2) is 7.76. The van der Waals surface area contributed by atoms with Gasteiger partial charge in [-0.05, 0) is 43.4 Å². The van der Waals surface area contributed by atoms with Crippen molar-refractivity contribution in [3.05, 3.63) is 29.8 Å². The number of amides is 2. The van der Waals surface area contributed by atoms with Crippen LogP contribution in [0.2, 0.25) is 0 Å². The summed E-state index contributed by atoms with van der Waals surface area (Å²) in [5, 5.41) is 11.8. The van der Waals surface area contributed by atoms with Crippen molar-refractivity contribution in [2.75, 3.05) is 11.9 Å². The first kappa shape index (κ1) is 17.0. The highest BCUT2D eigenvalue weighted by atomic mass is 16.4. The van der Waals surface area contributed by atoms with Crippen LogP contribution in [0.25, 0.3) is 0 Å². The molecule has 23 heavy (non-hydrogen) atoms. The number of nitrogens with zero attached hydrogens (tertiary/aromatic N) is 1. The molecule has 2 rings (SSSR count). The summed E-state index contributed by atoms with van der Waals surface area (Å²) >= 11 is 0. The molecule has 1 fully saturated rings. The van der Waals surface area contributed by atoms with Crippen molar-refractivity contribution in [1.82, 2.24) is 4.90 Å². The predicted molar refractivity (Wildman–Crippen MR) is 86.1 cm³/mol. The molecule has 1 aliphatic heterocycles. The van der Waals surface area contributed by atoms with Crippen molar-refractivity contribution >= 4 is 23.5 Å². The molecule has 2 amide bonds. The molecular formula is C17H22N2O4. The minimum absolute atomic E-state index is 0.0789. The summed E-state index contributed by atoms with van der Waals surface area (Å²) in [6.07, 6.45) is 3.09. The van der Waals surface area contributed by atoms with Crippen LogP contribution in [0.4, 0.5) is 5.69 Å². The largest absolute Gasteiger partial charge is 0.480 e. The molecule has 1 unspecified atom stereocenters. The number of likely N-dealkylation sites (tertiary alicyclic amines) is 1. The maximum Gasteiger partial charge on any atom is 0.326 e. The van der Waals surface area contributed by atoms with Crippen LogP contribution in [0.15, 0.2) is 24.3 Å². The van der Waals surface area contributed by atoms with Crippen molar-refractivity contribution < 1.29 is 19.5 Å². The fourth-order valence-corrected chi connectivity index (χ4v) is 2.87. The normalized spacial score (nSPS) is 17.1. The van der Waals surface area contributed by atoms with Gasteiger partial charge in [0.1, 0.15) is 6.04 Å². The van der Waals surface area contributed by atoms with Crippen molar-refractivity contribution in [2.24, 2.45) is 0 Å². The van der Waals surface area contributed by atoms with E-state index >= 15 is 0 Å². The van der Waals surface area contributed by atoms with E-state index in [-0.39, 0.29) is 11.8 Å². The van der Waals surface area contributed by atoms with Gasteiger partial charge in [0.2, 0.25) is 11.8 Å². The number of benzene rings is 1. The lowest BCUT2D eigenvalue weighted by molar-refractivity contribution is -0.148. The lowest BCUT2D eigenvalue weighted by Gasteiger charge is -2.21. The zero-order chi connectivity index (χ0) is 16.8. The molecule has 0 spiro atoms. The van der Waals surface area contributed by atoms with Crippen LogP contribution in [-0.2, 0) is 20.8 Å². The van der Waals surface area contributed by atoms with Crippen LogP contribution in [-0.4, -0.2) is 40.4 Å². The van der Waals surface area contributed by atoms with E-state index in [1.54, 1.807) is 0 Å². The average Bonchev–Trinajstić information content (AvgIpc) is 2.98. The predicted octanol–water partition coefficient (Wildman–Crippen LogP) is 2.04. The minimum Gasteiger partial charge on any atom is -0.480 e. The number of hydrogen-bond donors (Lipinski definition) is 2. The van der Waals surface area contributed by atoms with Gasteiger partial charge in [-0.1, -0.05) is 12.1 Å². The van der Waals surface area contributed by atoms with E-state index in [1.165, 1.54) is 11.8 Å². The average molecular weight is 318 g/mol. The summed E-state index contributed by atoms with van der Waals surface area (Å²) in [5.41, 5.74) is 1.84. The van der Waals surface area contributed by atoms with Gasteiger partial charge >= 0.3 is 5.97 Å². The van der Waals surface area contributed by atoms with E-state index in [0.717, 1.165) is 24.1 Å². The molecule has 1 heterocycles. The van der Waals surface area contributed by atoms with E-state index in [1.807, 2.05) is 24.3 Å². The quantitative estimate of drug-likeness (QED) is 0.840. The molecule has 0 radical (unpaired) electrons. The minimum atomic E-state index is -0.913. The number of anilines is 1.